The maximum atomic E-state index is 11.5. The minimum atomic E-state index is 0.0545. The molecule has 1 saturated carbocycles. The van der Waals surface area contributed by atoms with Crippen molar-refractivity contribution in [3.8, 4) is 5.75 Å². The van der Waals surface area contributed by atoms with E-state index in [1.54, 1.807) is 6.07 Å². The van der Waals surface area contributed by atoms with Crippen LogP contribution in [0, 0.1) is 0 Å². The molecule has 1 aromatic rings. The fourth-order valence-corrected chi connectivity index (χ4v) is 2.31. The minimum Gasteiger partial charge on any atom is -0.493 e. The number of Topliss-reactive ketones (excluding diaryl/α,β-unsaturated/α-hetero) is 1. The second kappa shape index (κ2) is 5.03. The summed E-state index contributed by atoms with van der Waals surface area (Å²) in [5, 5.41) is 2.92. The molecule has 0 aromatic heterocycles. The van der Waals surface area contributed by atoms with Gasteiger partial charge in [0.05, 0.1) is 13.0 Å². The molecule has 0 atom stereocenters. The van der Waals surface area contributed by atoms with E-state index in [4.69, 9.17) is 4.74 Å². The number of rotatable bonds is 5. The van der Waals surface area contributed by atoms with E-state index in [1.807, 2.05) is 12.1 Å². The van der Waals surface area contributed by atoms with Crippen molar-refractivity contribution in [2.75, 3.05) is 6.61 Å². The maximum absolute atomic E-state index is 11.5. The quantitative estimate of drug-likeness (QED) is 0.878. The van der Waals surface area contributed by atoms with Crippen LogP contribution >= 0.6 is 0 Å². The highest BCUT2D eigenvalue weighted by atomic mass is 16.5. The van der Waals surface area contributed by atoms with Gasteiger partial charge in [-0.1, -0.05) is 0 Å². The van der Waals surface area contributed by atoms with Crippen LogP contribution in [0.5, 0.6) is 5.75 Å². The lowest BCUT2D eigenvalue weighted by Crippen LogP contribution is -2.26. The fourth-order valence-electron chi connectivity index (χ4n) is 2.31. The van der Waals surface area contributed by atoms with Crippen LogP contribution in [0.1, 0.15) is 41.6 Å². The lowest BCUT2D eigenvalue weighted by molar-refractivity contribution is -0.121. The molecule has 0 bridgehead atoms. The number of fused-ring (bicyclic) bond motifs is 1. The third-order valence-corrected chi connectivity index (χ3v) is 3.54. The van der Waals surface area contributed by atoms with Gasteiger partial charge in [0.25, 0.3) is 0 Å². The van der Waals surface area contributed by atoms with Crippen LogP contribution in [0.2, 0.25) is 0 Å². The van der Waals surface area contributed by atoms with Gasteiger partial charge < -0.3 is 10.1 Å². The first kappa shape index (κ1) is 12.2. The van der Waals surface area contributed by atoms with E-state index in [0.717, 1.165) is 36.1 Å². The number of hydrogen-bond donors (Lipinski definition) is 1. The number of amides is 1. The summed E-state index contributed by atoms with van der Waals surface area (Å²) in [6.45, 7) is 0.380. The van der Waals surface area contributed by atoms with Crippen LogP contribution < -0.4 is 10.1 Å². The first-order valence-corrected chi connectivity index (χ1v) is 6.80. The van der Waals surface area contributed by atoms with Crippen LogP contribution in [-0.4, -0.2) is 24.3 Å². The Bertz CT molecular complexity index is 520. The molecular weight excluding hydrogens is 242 g/mol. The summed E-state index contributed by atoms with van der Waals surface area (Å²) in [7, 11) is 0. The Morgan fingerprint density at radius 2 is 2.16 bits per heavy atom. The molecule has 1 amide bonds. The number of carbonyl (C=O) groups excluding carboxylic acids is 2. The standard InChI is InChI=1S/C15H17NO3/c17-14-6-1-10-9-12(4-5-13(10)14)19-8-7-15(18)16-11-2-3-11/h4-5,9,11H,1-3,6-8H2,(H,16,18). The Kier molecular flexibility index (Phi) is 3.23. The molecule has 2 aliphatic carbocycles. The van der Waals surface area contributed by atoms with Gasteiger partial charge in [-0.3, -0.25) is 9.59 Å². The minimum absolute atomic E-state index is 0.0545. The molecule has 0 radical (unpaired) electrons. The van der Waals surface area contributed by atoms with Crippen molar-refractivity contribution < 1.29 is 14.3 Å². The predicted octanol–water partition coefficient (Wildman–Crippen LogP) is 1.86. The number of ether oxygens (including phenoxy) is 1. The van der Waals surface area contributed by atoms with E-state index in [0.29, 0.717) is 25.5 Å². The molecule has 0 unspecified atom stereocenters. The third kappa shape index (κ3) is 2.95. The van der Waals surface area contributed by atoms with Gasteiger partial charge in [-0.25, -0.2) is 0 Å². The smallest absolute Gasteiger partial charge is 0.223 e. The van der Waals surface area contributed by atoms with E-state index in [2.05, 4.69) is 5.32 Å². The second-order valence-corrected chi connectivity index (χ2v) is 5.18. The van der Waals surface area contributed by atoms with Crippen molar-refractivity contribution >= 4 is 11.7 Å². The number of hydrogen-bond acceptors (Lipinski definition) is 3. The molecule has 0 heterocycles. The Labute approximate surface area is 112 Å². The number of ketones is 1. The average Bonchev–Trinajstić information content (AvgIpc) is 3.13. The van der Waals surface area contributed by atoms with Crippen LogP contribution in [0.3, 0.4) is 0 Å². The molecule has 0 spiro atoms. The molecule has 0 saturated heterocycles. The lowest BCUT2D eigenvalue weighted by Gasteiger charge is -2.08. The Morgan fingerprint density at radius 1 is 1.32 bits per heavy atom. The molecule has 0 aliphatic heterocycles. The SMILES string of the molecule is O=C(CCOc1ccc2c(c1)CCC2=O)NC1CC1. The fraction of sp³-hybridized carbons (Fsp3) is 0.467. The predicted molar refractivity (Wildman–Crippen MR) is 70.4 cm³/mol. The highest BCUT2D eigenvalue weighted by Gasteiger charge is 2.23. The van der Waals surface area contributed by atoms with Gasteiger partial charge in [-0.15, -0.1) is 0 Å². The van der Waals surface area contributed by atoms with Crippen LogP contribution in [0.4, 0.5) is 0 Å². The number of benzene rings is 1. The summed E-state index contributed by atoms with van der Waals surface area (Å²) in [6.07, 6.45) is 3.99. The topological polar surface area (TPSA) is 55.4 Å². The molecule has 1 fully saturated rings. The zero-order valence-electron chi connectivity index (χ0n) is 10.8. The summed E-state index contributed by atoms with van der Waals surface area (Å²) >= 11 is 0. The largest absolute Gasteiger partial charge is 0.493 e. The van der Waals surface area contributed by atoms with Crippen LogP contribution in [0.25, 0.3) is 0 Å². The Balaban J connectivity index is 1.50. The van der Waals surface area contributed by atoms with Gasteiger partial charge in [0.2, 0.25) is 5.91 Å². The van der Waals surface area contributed by atoms with E-state index in [-0.39, 0.29) is 11.7 Å². The molecule has 100 valence electrons. The molecule has 3 rings (SSSR count). The summed E-state index contributed by atoms with van der Waals surface area (Å²) in [5.41, 5.74) is 1.88. The number of nitrogens with one attached hydrogen (secondary N) is 1. The highest BCUT2D eigenvalue weighted by Crippen LogP contribution is 2.26. The summed E-state index contributed by atoms with van der Waals surface area (Å²) in [4.78, 5) is 23.0. The van der Waals surface area contributed by atoms with Gasteiger partial charge >= 0.3 is 0 Å². The first-order valence-electron chi connectivity index (χ1n) is 6.80. The average molecular weight is 259 g/mol. The zero-order chi connectivity index (χ0) is 13.2. The third-order valence-electron chi connectivity index (χ3n) is 3.54. The van der Waals surface area contributed by atoms with Crippen molar-refractivity contribution in [2.24, 2.45) is 0 Å². The molecule has 1 aromatic carbocycles. The van der Waals surface area contributed by atoms with Crippen molar-refractivity contribution in [1.82, 2.24) is 5.32 Å². The van der Waals surface area contributed by atoms with E-state index in [9.17, 15) is 9.59 Å². The molecule has 2 aliphatic rings. The van der Waals surface area contributed by atoms with Crippen molar-refractivity contribution in [1.29, 1.82) is 0 Å². The normalized spacial score (nSPS) is 17.2. The van der Waals surface area contributed by atoms with Gasteiger partial charge in [-0.05, 0) is 43.0 Å². The molecule has 19 heavy (non-hydrogen) atoms. The molecule has 4 nitrogen and oxygen atoms in total. The first-order chi connectivity index (χ1) is 9.22. The lowest BCUT2D eigenvalue weighted by atomic mass is 10.1. The van der Waals surface area contributed by atoms with Gasteiger partial charge in [0.15, 0.2) is 5.78 Å². The number of aryl methyl sites for hydroxylation is 1. The van der Waals surface area contributed by atoms with E-state index >= 15 is 0 Å². The summed E-state index contributed by atoms with van der Waals surface area (Å²) in [6, 6.07) is 5.95. The summed E-state index contributed by atoms with van der Waals surface area (Å²) < 4.78 is 5.57. The van der Waals surface area contributed by atoms with Gasteiger partial charge in [0, 0.05) is 18.0 Å². The van der Waals surface area contributed by atoms with E-state index < -0.39 is 0 Å². The highest BCUT2D eigenvalue weighted by molar-refractivity contribution is 6.00. The monoisotopic (exact) mass is 259 g/mol. The molecular formula is C15H17NO3. The zero-order valence-corrected chi connectivity index (χ0v) is 10.8. The Hall–Kier alpha value is -1.84. The van der Waals surface area contributed by atoms with Crippen LogP contribution in [0.15, 0.2) is 18.2 Å². The second-order valence-electron chi connectivity index (χ2n) is 5.18. The maximum Gasteiger partial charge on any atom is 0.223 e. The Morgan fingerprint density at radius 3 is 2.95 bits per heavy atom. The summed E-state index contributed by atoms with van der Waals surface area (Å²) in [5.74, 6) is 1.01. The van der Waals surface area contributed by atoms with Crippen molar-refractivity contribution in [3.63, 3.8) is 0 Å². The van der Waals surface area contributed by atoms with Crippen molar-refractivity contribution in [3.05, 3.63) is 29.3 Å². The van der Waals surface area contributed by atoms with Gasteiger partial charge in [0.1, 0.15) is 5.75 Å². The van der Waals surface area contributed by atoms with Crippen LogP contribution in [-0.2, 0) is 11.2 Å². The molecule has 1 N–H and O–H groups in total. The van der Waals surface area contributed by atoms with Crippen molar-refractivity contribution in [2.45, 2.75) is 38.1 Å². The van der Waals surface area contributed by atoms with Gasteiger partial charge in [-0.2, -0.15) is 0 Å². The number of carbonyl (C=O) groups is 2. The van der Waals surface area contributed by atoms with E-state index in [1.165, 1.54) is 0 Å². The molecule has 4 heteroatoms.